The van der Waals surface area contributed by atoms with Crippen molar-refractivity contribution in [3.63, 3.8) is 0 Å². The molecule has 0 aliphatic carbocycles. The maximum Gasteiger partial charge on any atom is 0.303 e. The van der Waals surface area contributed by atoms with Crippen molar-refractivity contribution in [1.82, 2.24) is 4.90 Å². The summed E-state index contributed by atoms with van der Waals surface area (Å²) in [5.41, 5.74) is 2.63. The molecule has 2 aliphatic heterocycles. The summed E-state index contributed by atoms with van der Waals surface area (Å²) >= 11 is 0. The number of unbranched alkanes of at least 4 members (excludes halogenated alkanes) is 1. The molecule has 4 rings (SSSR count). The van der Waals surface area contributed by atoms with Crippen LogP contribution in [-0.2, 0) is 16.8 Å². The van der Waals surface area contributed by atoms with Crippen LogP contribution in [0.25, 0.3) is 0 Å². The number of Topliss-reactive ketones (excluding diaryl/α,β-unsaturated/α-hetero) is 1. The van der Waals surface area contributed by atoms with E-state index in [9.17, 15) is 9.59 Å². The van der Waals surface area contributed by atoms with E-state index in [1.807, 2.05) is 19.1 Å². The Hall–Kier alpha value is -3.82. The molecule has 2 aromatic rings. The lowest BCUT2D eigenvalue weighted by Crippen LogP contribution is -2.32. The number of hydrogen-bond acceptors (Lipinski definition) is 7. The fourth-order valence-electron chi connectivity index (χ4n) is 5.96. The second kappa shape index (κ2) is 13.9. The van der Waals surface area contributed by atoms with E-state index in [-0.39, 0.29) is 60.5 Å². The molecule has 0 spiro atoms. The minimum Gasteiger partial charge on any atom is -0.491 e. The highest BCUT2D eigenvalue weighted by molar-refractivity contribution is 6.06. The number of hydrogen-bond donors (Lipinski definition) is 2. The first kappa shape index (κ1) is 33.1. The summed E-state index contributed by atoms with van der Waals surface area (Å²) in [7, 11) is 0. The van der Waals surface area contributed by atoms with Crippen molar-refractivity contribution in [1.29, 1.82) is 5.41 Å². The highest BCUT2D eigenvalue weighted by Crippen LogP contribution is 2.43. The average Bonchev–Trinajstić information content (AvgIpc) is 3.52. The van der Waals surface area contributed by atoms with Gasteiger partial charge in [0.2, 0.25) is 0 Å². The summed E-state index contributed by atoms with van der Waals surface area (Å²) in [4.78, 5) is 28.8. The molecule has 1 fully saturated rings. The lowest BCUT2D eigenvalue weighted by molar-refractivity contribution is -0.137. The van der Waals surface area contributed by atoms with E-state index in [0.29, 0.717) is 42.9 Å². The normalized spacial score (nSPS) is 16.3. The van der Waals surface area contributed by atoms with Crippen LogP contribution in [0.2, 0.25) is 0 Å². The van der Waals surface area contributed by atoms with Crippen LogP contribution in [0, 0.1) is 11.2 Å². The molecule has 2 N–H and O–H groups in total. The number of nitrogens with zero attached hydrogens (tertiary/aromatic N) is 2. The van der Waals surface area contributed by atoms with Gasteiger partial charge in [0.1, 0.15) is 11.6 Å². The Kier molecular flexibility index (Phi) is 10.4. The van der Waals surface area contributed by atoms with Gasteiger partial charge in [0, 0.05) is 36.7 Å². The van der Waals surface area contributed by atoms with Crippen molar-refractivity contribution in [2.45, 2.75) is 91.6 Å². The summed E-state index contributed by atoms with van der Waals surface area (Å²) < 4.78 is 33.2. The van der Waals surface area contributed by atoms with Crippen LogP contribution in [0.1, 0.15) is 101 Å². The number of nitrogens with one attached hydrogen (secondary N) is 1. The smallest absolute Gasteiger partial charge is 0.303 e. The largest absolute Gasteiger partial charge is 0.491 e. The zero-order valence-corrected chi connectivity index (χ0v) is 26.8. The maximum absolute atomic E-state index is 15.6. The van der Waals surface area contributed by atoms with E-state index in [0.717, 1.165) is 36.4 Å². The molecule has 0 saturated carbocycles. The monoisotopic (exact) mass is 611 g/mol. The number of carboxylic acid groups (broad SMARTS) is 1. The molecular weight excluding hydrogens is 565 g/mol. The van der Waals surface area contributed by atoms with Crippen LogP contribution in [0.15, 0.2) is 18.2 Å². The Morgan fingerprint density at radius 2 is 1.80 bits per heavy atom. The minimum absolute atomic E-state index is 0.0104. The Morgan fingerprint density at radius 1 is 1.07 bits per heavy atom. The van der Waals surface area contributed by atoms with Gasteiger partial charge in [-0.25, -0.2) is 4.39 Å². The summed E-state index contributed by atoms with van der Waals surface area (Å²) in [5.74, 6) is -0.680. The number of ketones is 1. The number of carbonyl (C=O) groups is 2. The zero-order valence-electron chi connectivity index (χ0n) is 26.8. The lowest BCUT2D eigenvalue weighted by Gasteiger charge is -2.32. The molecule has 0 radical (unpaired) electrons. The topological polar surface area (TPSA) is 112 Å². The molecule has 10 heteroatoms. The molecule has 2 aliphatic rings. The van der Waals surface area contributed by atoms with Gasteiger partial charge in [0.25, 0.3) is 0 Å². The van der Waals surface area contributed by atoms with Crippen molar-refractivity contribution in [3.8, 4) is 17.2 Å². The number of carbonyl (C=O) groups excluding carboxylic acids is 1. The van der Waals surface area contributed by atoms with E-state index in [1.165, 1.54) is 0 Å². The van der Waals surface area contributed by atoms with E-state index in [4.69, 9.17) is 24.7 Å². The van der Waals surface area contributed by atoms with Gasteiger partial charge in [-0.05, 0) is 75.6 Å². The van der Waals surface area contributed by atoms with Gasteiger partial charge in [0.05, 0.1) is 37.6 Å². The third-order valence-electron chi connectivity index (χ3n) is 8.20. The summed E-state index contributed by atoms with van der Waals surface area (Å²) in [6.45, 7) is 13.9. The summed E-state index contributed by atoms with van der Waals surface area (Å²) in [5, 5.41) is 17.8. The number of aliphatic carboxylic acids is 1. The molecule has 2 heterocycles. The lowest BCUT2D eigenvalue weighted by atomic mass is 9.84. The van der Waals surface area contributed by atoms with Crippen molar-refractivity contribution >= 4 is 23.3 Å². The van der Waals surface area contributed by atoms with Crippen molar-refractivity contribution in [2.75, 3.05) is 37.8 Å². The van der Waals surface area contributed by atoms with Gasteiger partial charge in [-0.1, -0.05) is 20.8 Å². The molecule has 1 saturated heterocycles. The van der Waals surface area contributed by atoms with E-state index in [1.54, 1.807) is 17.9 Å². The number of anilines is 1. The predicted molar refractivity (Wildman–Crippen MR) is 168 cm³/mol. The Labute approximate surface area is 259 Å². The molecule has 44 heavy (non-hydrogen) atoms. The molecule has 1 unspecified atom stereocenters. The van der Waals surface area contributed by atoms with Gasteiger partial charge in [-0.3, -0.25) is 15.0 Å². The molecular formula is C34H46FN3O6. The van der Waals surface area contributed by atoms with Crippen LogP contribution in [0.5, 0.6) is 17.2 Å². The third-order valence-corrected chi connectivity index (χ3v) is 8.20. The number of ether oxygens (including phenoxy) is 3. The maximum atomic E-state index is 15.6. The van der Waals surface area contributed by atoms with Gasteiger partial charge in [-0.2, -0.15) is 0 Å². The first-order chi connectivity index (χ1) is 20.9. The van der Waals surface area contributed by atoms with Gasteiger partial charge in [-0.15, -0.1) is 0 Å². The van der Waals surface area contributed by atoms with Crippen LogP contribution >= 0.6 is 0 Å². The quantitative estimate of drug-likeness (QED) is 0.182. The number of fused-ring (bicyclic) bond motifs is 1. The Morgan fingerprint density at radius 3 is 2.41 bits per heavy atom. The second-order valence-electron chi connectivity index (χ2n) is 12.6. The molecule has 0 aromatic heterocycles. The Balaban J connectivity index is 1.65. The molecule has 1 atom stereocenters. The van der Waals surface area contributed by atoms with Gasteiger partial charge < -0.3 is 29.1 Å². The summed E-state index contributed by atoms with van der Waals surface area (Å²) in [6, 6.07) is 5.75. The standard InChI is InChI=1S/C34H46FN3O6/c1-7-42-27-18-23-19-37(33(36)29(23)30(35)32(27)43-8-2)20-26(39)22-16-24(34(4,5)6)31(44-15-10-9-13-28(40)41)25(17-22)38-14-11-12-21(38)3/h16-18,21,36H,7-15,19-20H2,1-6H3,(H,40,41). The third kappa shape index (κ3) is 7.11. The highest BCUT2D eigenvalue weighted by Gasteiger charge is 2.34. The molecule has 2 aromatic carbocycles. The Bertz CT molecular complexity index is 1400. The number of carboxylic acids is 1. The highest BCUT2D eigenvalue weighted by atomic mass is 19.1. The first-order valence-electron chi connectivity index (χ1n) is 15.6. The van der Waals surface area contributed by atoms with Crippen LogP contribution in [0.4, 0.5) is 10.1 Å². The molecule has 240 valence electrons. The number of halogens is 1. The van der Waals surface area contributed by atoms with E-state index >= 15 is 4.39 Å². The van der Waals surface area contributed by atoms with Gasteiger partial charge in [0.15, 0.2) is 23.1 Å². The van der Waals surface area contributed by atoms with Crippen LogP contribution in [-0.4, -0.2) is 66.5 Å². The predicted octanol–water partition coefficient (Wildman–Crippen LogP) is 6.57. The minimum atomic E-state index is -0.823. The van der Waals surface area contributed by atoms with Gasteiger partial charge >= 0.3 is 5.97 Å². The fourth-order valence-corrected chi connectivity index (χ4v) is 5.96. The summed E-state index contributed by atoms with van der Waals surface area (Å²) in [6.07, 6.45) is 3.29. The van der Waals surface area contributed by atoms with Crippen LogP contribution in [0.3, 0.4) is 0 Å². The van der Waals surface area contributed by atoms with Crippen LogP contribution < -0.4 is 19.1 Å². The van der Waals surface area contributed by atoms with Crippen molar-refractivity contribution < 1.29 is 33.3 Å². The van der Waals surface area contributed by atoms with E-state index < -0.39 is 11.8 Å². The van der Waals surface area contributed by atoms with E-state index in [2.05, 4.69) is 32.6 Å². The molecule has 0 amide bonds. The first-order valence-corrected chi connectivity index (χ1v) is 15.6. The number of amidine groups is 1. The van der Waals surface area contributed by atoms with Crippen molar-refractivity contribution in [2.24, 2.45) is 0 Å². The fraction of sp³-hybridized carbons (Fsp3) is 0.559. The second-order valence-corrected chi connectivity index (χ2v) is 12.6. The SMILES string of the molecule is CCOc1cc2c(c(F)c1OCC)C(=N)N(CC(=O)c1cc(N3CCCC3C)c(OCCCCC(=O)O)c(C(C)(C)C)c1)C2. The average molecular weight is 612 g/mol. The molecule has 9 nitrogen and oxygen atoms in total. The zero-order chi connectivity index (χ0) is 32.2. The number of rotatable bonds is 14. The molecule has 0 bridgehead atoms. The number of benzene rings is 2. The van der Waals surface area contributed by atoms with Crippen molar-refractivity contribution in [3.05, 3.63) is 46.3 Å².